The number of amides is 1. The zero-order valence-electron chi connectivity index (χ0n) is 13.9. The number of nitrogens with zero attached hydrogens (tertiary/aromatic N) is 1. The smallest absolute Gasteiger partial charge is 0.323 e. The number of hydrogen-bond donors (Lipinski definition) is 1. The molecule has 0 unspecified atom stereocenters. The van der Waals surface area contributed by atoms with Gasteiger partial charge in [-0.15, -0.1) is 0 Å². The lowest BCUT2D eigenvalue weighted by molar-refractivity contribution is -0.148. The first-order valence-corrected chi connectivity index (χ1v) is 8.79. The van der Waals surface area contributed by atoms with E-state index in [1.165, 1.54) is 11.1 Å². The number of ether oxygens (including phenoxy) is 1. The van der Waals surface area contributed by atoms with Crippen LogP contribution in [0, 0.1) is 5.92 Å². The second-order valence-corrected chi connectivity index (χ2v) is 6.84. The largest absolute Gasteiger partial charge is 0.480 e. The van der Waals surface area contributed by atoms with Gasteiger partial charge < -0.3 is 14.7 Å². The molecule has 0 aromatic heterocycles. The van der Waals surface area contributed by atoms with Crippen molar-refractivity contribution in [1.29, 1.82) is 0 Å². The third-order valence-electron chi connectivity index (χ3n) is 5.17. The molecule has 1 aliphatic carbocycles. The highest BCUT2D eigenvalue weighted by atomic mass is 16.5. The molecule has 1 atom stereocenters. The van der Waals surface area contributed by atoms with E-state index in [4.69, 9.17) is 4.74 Å². The van der Waals surface area contributed by atoms with Crippen LogP contribution in [0.3, 0.4) is 0 Å². The average Bonchev–Trinajstić information content (AvgIpc) is 2.60. The molecule has 1 N–H and O–H groups in total. The first-order chi connectivity index (χ1) is 11.6. The van der Waals surface area contributed by atoms with E-state index in [0.717, 1.165) is 32.1 Å². The lowest BCUT2D eigenvalue weighted by atomic mass is 9.82. The number of benzene rings is 1. The van der Waals surface area contributed by atoms with E-state index in [1.807, 2.05) is 6.07 Å². The molecule has 1 fully saturated rings. The van der Waals surface area contributed by atoms with Crippen molar-refractivity contribution in [2.75, 3.05) is 19.8 Å². The van der Waals surface area contributed by atoms with Gasteiger partial charge >= 0.3 is 5.97 Å². The summed E-state index contributed by atoms with van der Waals surface area (Å²) in [7, 11) is 0. The zero-order chi connectivity index (χ0) is 16.9. The van der Waals surface area contributed by atoms with E-state index in [1.54, 1.807) is 4.90 Å². The number of carboxylic acids is 1. The van der Waals surface area contributed by atoms with Gasteiger partial charge in [-0.1, -0.05) is 24.3 Å². The molecule has 24 heavy (non-hydrogen) atoms. The molecule has 1 saturated heterocycles. The second-order valence-electron chi connectivity index (χ2n) is 6.84. The van der Waals surface area contributed by atoms with Gasteiger partial charge in [0.1, 0.15) is 6.54 Å². The number of fused-ring (bicyclic) bond motifs is 1. The Hall–Kier alpha value is -1.88. The second kappa shape index (κ2) is 7.79. The molecular weight excluding hydrogens is 306 g/mol. The van der Waals surface area contributed by atoms with Crippen LogP contribution in [0.2, 0.25) is 0 Å². The van der Waals surface area contributed by atoms with Crippen molar-refractivity contribution in [2.24, 2.45) is 5.92 Å². The minimum absolute atomic E-state index is 0.00164. The summed E-state index contributed by atoms with van der Waals surface area (Å²) >= 11 is 0. The standard InChI is InChI=1S/C19H25NO4/c21-18(20(13-19(22)23)17-7-9-24-10-8-17)12-14-5-6-15-3-1-2-4-16(15)11-14/h1-4,14,17H,5-13H2,(H,22,23)/t14-/m1/s1. The number of carboxylic acid groups (broad SMARTS) is 1. The van der Waals surface area contributed by atoms with Gasteiger partial charge in [0.05, 0.1) is 0 Å². The number of rotatable bonds is 5. The average molecular weight is 331 g/mol. The van der Waals surface area contributed by atoms with Crippen molar-refractivity contribution in [3.63, 3.8) is 0 Å². The summed E-state index contributed by atoms with van der Waals surface area (Å²) in [6.45, 7) is 1.00. The van der Waals surface area contributed by atoms with Gasteiger partial charge in [0.2, 0.25) is 5.91 Å². The summed E-state index contributed by atoms with van der Waals surface area (Å²) in [6.07, 6.45) is 4.82. The van der Waals surface area contributed by atoms with Gasteiger partial charge in [-0.05, 0) is 49.1 Å². The minimum Gasteiger partial charge on any atom is -0.480 e. The highest BCUT2D eigenvalue weighted by Gasteiger charge is 2.30. The van der Waals surface area contributed by atoms with Crippen molar-refractivity contribution >= 4 is 11.9 Å². The summed E-state index contributed by atoms with van der Waals surface area (Å²) in [5, 5.41) is 9.17. The first-order valence-electron chi connectivity index (χ1n) is 8.79. The summed E-state index contributed by atoms with van der Waals surface area (Å²) in [5.41, 5.74) is 2.71. The fourth-order valence-corrected chi connectivity index (χ4v) is 3.88. The quantitative estimate of drug-likeness (QED) is 0.899. The monoisotopic (exact) mass is 331 g/mol. The minimum atomic E-state index is -0.941. The molecule has 1 aromatic carbocycles. The van der Waals surface area contributed by atoms with Crippen LogP contribution < -0.4 is 0 Å². The molecule has 0 spiro atoms. The Bertz CT molecular complexity index is 595. The van der Waals surface area contributed by atoms with Gasteiger partial charge in [-0.2, -0.15) is 0 Å². The highest BCUT2D eigenvalue weighted by Crippen LogP contribution is 2.28. The Morgan fingerprint density at radius 2 is 1.83 bits per heavy atom. The maximum absolute atomic E-state index is 12.8. The molecule has 2 aliphatic rings. The topological polar surface area (TPSA) is 66.8 Å². The van der Waals surface area contributed by atoms with Gasteiger partial charge in [-0.25, -0.2) is 0 Å². The van der Waals surface area contributed by atoms with Crippen molar-refractivity contribution in [3.05, 3.63) is 35.4 Å². The van der Waals surface area contributed by atoms with Crippen molar-refractivity contribution in [1.82, 2.24) is 4.90 Å². The Morgan fingerprint density at radius 1 is 1.12 bits per heavy atom. The van der Waals surface area contributed by atoms with Crippen LogP contribution in [-0.2, 0) is 27.2 Å². The number of aliphatic carboxylic acids is 1. The van der Waals surface area contributed by atoms with Crippen molar-refractivity contribution < 1.29 is 19.4 Å². The molecule has 5 nitrogen and oxygen atoms in total. The number of carbonyl (C=O) groups excluding carboxylic acids is 1. The predicted octanol–water partition coefficient (Wildman–Crippen LogP) is 2.27. The Balaban J connectivity index is 1.64. The molecule has 0 saturated carbocycles. The Morgan fingerprint density at radius 3 is 2.54 bits per heavy atom. The Kier molecular flexibility index (Phi) is 5.51. The summed E-state index contributed by atoms with van der Waals surface area (Å²) in [5.74, 6) is -0.652. The van der Waals surface area contributed by atoms with E-state index in [2.05, 4.69) is 18.2 Å². The lowest BCUT2D eigenvalue weighted by Crippen LogP contribution is -2.46. The normalized spacial score (nSPS) is 21.1. The molecule has 1 heterocycles. The fourth-order valence-electron chi connectivity index (χ4n) is 3.88. The van der Waals surface area contributed by atoms with Crippen LogP contribution in [0.25, 0.3) is 0 Å². The van der Waals surface area contributed by atoms with E-state index >= 15 is 0 Å². The van der Waals surface area contributed by atoms with Crippen LogP contribution in [0.1, 0.15) is 36.8 Å². The Labute approximate surface area is 142 Å². The fraction of sp³-hybridized carbons (Fsp3) is 0.579. The van der Waals surface area contributed by atoms with Gasteiger partial charge in [0.25, 0.3) is 0 Å². The van der Waals surface area contributed by atoms with Crippen LogP contribution >= 0.6 is 0 Å². The van der Waals surface area contributed by atoms with Crippen molar-refractivity contribution in [3.8, 4) is 0 Å². The first kappa shape index (κ1) is 17.0. The number of carbonyl (C=O) groups is 2. The molecule has 3 rings (SSSR count). The molecule has 1 aliphatic heterocycles. The highest BCUT2D eigenvalue weighted by molar-refractivity contribution is 5.81. The van der Waals surface area contributed by atoms with Crippen LogP contribution in [0.5, 0.6) is 0 Å². The molecular formula is C19H25NO4. The third-order valence-corrected chi connectivity index (χ3v) is 5.17. The predicted molar refractivity (Wildman–Crippen MR) is 89.8 cm³/mol. The number of hydrogen-bond acceptors (Lipinski definition) is 3. The zero-order valence-corrected chi connectivity index (χ0v) is 13.9. The summed E-state index contributed by atoms with van der Waals surface area (Å²) in [4.78, 5) is 25.5. The lowest BCUT2D eigenvalue weighted by Gasteiger charge is -2.34. The maximum atomic E-state index is 12.8. The SMILES string of the molecule is O=C(O)CN(C(=O)C[C@@H]1CCc2ccccc2C1)C1CCOCC1. The van der Waals surface area contributed by atoms with Crippen molar-refractivity contribution in [2.45, 2.75) is 44.6 Å². The summed E-state index contributed by atoms with van der Waals surface area (Å²) < 4.78 is 5.34. The molecule has 0 bridgehead atoms. The van der Waals surface area contributed by atoms with E-state index in [9.17, 15) is 14.7 Å². The molecule has 0 radical (unpaired) electrons. The number of aryl methyl sites for hydroxylation is 1. The molecule has 5 heteroatoms. The van der Waals surface area contributed by atoms with Gasteiger partial charge in [0, 0.05) is 25.7 Å². The summed E-state index contributed by atoms with van der Waals surface area (Å²) in [6, 6.07) is 8.40. The molecule has 1 amide bonds. The third kappa shape index (κ3) is 4.15. The van der Waals surface area contributed by atoms with E-state index < -0.39 is 5.97 Å². The maximum Gasteiger partial charge on any atom is 0.323 e. The van der Waals surface area contributed by atoms with Crippen LogP contribution in [0.4, 0.5) is 0 Å². The van der Waals surface area contributed by atoms with Crippen LogP contribution in [-0.4, -0.2) is 47.7 Å². The van der Waals surface area contributed by atoms with E-state index in [0.29, 0.717) is 25.6 Å². The van der Waals surface area contributed by atoms with Gasteiger partial charge in [-0.3, -0.25) is 9.59 Å². The molecule has 130 valence electrons. The van der Waals surface area contributed by atoms with Crippen LogP contribution in [0.15, 0.2) is 24.3 Å². The molecule has 1 aromatic rings. The van der Waals surface area contributed by atoms with Gasteiger partial charge in [0.15, 0.2) is 0 Å². The van der Waals surface area contributed by atoms with E-state index in [-0.39, 0.29) is 18.5 Å².